The summed E-state index contributed by atoms with van der Waals surface area (Å²) < 4.78 is 1.11. The zero-order valence-electron chi connectivity index (χ0n) is 9.31. The van der Waals surface area contributed by atoms with E-state index < -0.39 is 6.09 Å². The molecule has 1 aromatic heterocycles. The summed E-state index contributed by atoms with van der Waals surface area (Å²) in [6.45, 7) is 0.752. The molecule has 94 valence electrons. The van der Waals surface area contributed by atoms with Crippen molar-refractivity contribution in [3.8, 4) is 0 Å². The first-order valence-electron chi connectivity index (χ1n) is 5.21. The molecule has 4 nitrogen and oxygen atoms in total. The maximum atomic E-state index is 10.4. The number of hydrogen-bond acceptors (Lipinski definition) is 3. The number of carbonyl (C=O) groups is 1. The molecule has 1 amide bonds. The van der Waals surface area contributed by atoms with Crippen molar-refractivity contribution in [2.45, 2.75) is 6.54 Å². The lowest BCUT2D eigenvalue weighted by Crippen LogP contribution is -2.07. The van der Waals surface area contributed by atoms with Crippen molar-refractivity contribution >= 4 is 44.7 Å². The van der Waals surface area contributed by atoms with Crippen LogP contribution in [0, 0.1) is 0 Å². The molecule has 2 rings (SSSR count). The molecule has 0 bridgehead atoms. The lowest BCUT2D eigenvalue weighted by Gasteiger charge is -2.06. The predicted molar refractivity (Wildman–Crippen MR) is 77.4 cm³/mol. The maximum absolute atomic E-state index is 10.4. The average Bonchev–Trinajstić information content (AvgIpc) is 2.74. The molecular weight excluding hydrogens is 316 g/mol. The standard InChI is InChI=1S/C12H11BrN2O2S/c13-11-6-5-10(18-11)7-14-8-1-3-9(4-2-8)15-12(16)17/h1-6,14-15H,7H2,(H,16,17). The molecule has 0 aliphatic heterocycles. The molecule has 2 aromatic rings. The van der Waals surface area contributed by atoms with E-state index in [2.05, 4.69) is 32.6 Å². The van der Waals surface area contributed by atoms with Gasteiger partial charge in [0.25, 0.3) is 0 Å². The summed E-state index contributed by atoms with van der Waals surface area (Å²) in [7, 11) is 0. The number of anilines is 2. The minimum absolute atomic E-state index is 0.562. The first-order valence-corrected chi connectivity index (χ1v) is 6.82. The molecular formula is C12H11BrN2O2S. The fourth-order valence-corrected chi connectivity index (χ4v) is 2.85. The second kappa shape index (κ2) is 5.88. The Kier molecular flexibility index (Phi) is 4.22. The first kappa shape index (κ1) is 12.9. The van der Waals surface area contributed by atoms with Crippen LogP contribution in [0.2, 0.25) is 0 Å². The average molecular weight is 327 g/mol. The van der Waals surface area contributed by atoms with Gasteiger partial charge in [-0.1, -0.05) is 0 Å². The number of halogens is 1. The van der Waals surface area contributed by atoms with Crippen molar-refractivity contribution in [1.29, 1.82) is 0 Å². The third-order valence-corrected chi connectivity index (χ3v) is 3.86. The van der Waals surface area contributed by atoms with Crippen LogP contribution in [0.5, 0.6) is 0 Å². The number of benzene rings is 1. The van der Waals surface area contributed by atoms with Gasteiger partial charge in [0.1, 0.15) is 0 Å². The molecule has 0 aliphatic carbocycles. The van der Waals surface area contributed by atoms with E-state index in [0.717, 1.165) is 16.0 Å². The predicted octanol–water partition coefficient (Wildman–Crippen LogP) is 4.21. The number of nitrogens with one attached hydrogen (secondary N) is 2. The Morgan fingerprint density at radius 3 is 2.39 bits per heavy atom. The monoisotopic (exact) mass is 326 g/mol. The van der Waals surface area contributed by atoms with Crippen molar-refractivity contribution in [3.63, 3.8) is 0 Å². The van der Waals surface area contributed by atoms with Crippen molar-refractivity contribution in [2.24, 2.45) is 0 Å². The van der Waals surface area contributed by atoms with Gasteiger partial charge < -0.3 is 10.4 Å². The maximum Gasteiger partial charge on any atom is 0.409 e. The molecule has 0 spiro atoms. The smallest absolute Gasteiger partial charge is 0.409 e. The van der Waals surface area contributed by atoms with Crippen LogP contribution in [0.25, 0.3) is 0 Å². The van der Waals surface area contributed by atoms with Crippen LogP contribution in [0.4, 0.5) is 16.2 Å². The Morgan fingerprint density at radius 1 is 1.17 bits per heavy atom. The highest BCUT2D eigenvalue weighted by Gasteiger charge is 1.99. The van der Waals surface area contributed by atoms with E-state index >= 15 is 0 Å². The molecule has 1 aromatic carbocycles. The van der Waals surface area contributed by atoms with Gasteiger partial charge in [-0.05, 0) is 52.3 Å². The van der Waals surface area contributed by atoms with E-state index in [0.29, 0.717) is 5.69 Å². The summed E-state index contributed by atoms with van der Waals surface area (Å²) >= 11 is 5.10. The molecule has 0 saturated heterocycles. The van der Waals surface area contributed by atoms with Gasteiger partial charge in [-0.3, -0.25) is 5.32 Å². The normalized spacial score (nSPS) is 10.1. The van der Waals surface area contributed by atoms with E-state index in [4.69, 9.17) is 5.11 Å². The van der Waals surface area contributed by atoms with E-state index in [1.54, 1.807) is 23.5 Å². The third kappa shape index (κ3) is 3.75. The number of rotatable bonds is 4. The van der Waals surface area contributed by atoms with Crippen molar-refractivity contribution in [1.82, 2.24) is 0 Å². The lowest BCUT2D eigenvalue weighted by molar-refractivity contribution is 0.210. The summed E-state index contributed by atoms with van der Waals surface area (Å²) in [5, 5.41) is 14.1. The highest BCUT2D eigenvalue weighted by atomic mass is 79.9. The number of carboxylic acid groups (broad SMARTS) is 1. The highest BCUT2D eigenvalue weighted by Crippen LogP contribution is 2.23. The number of thiophene rings is 1. The summed E-state index contributed by atoms with van der Waals surface area (Å²) in [6, 6.07) is 11.2. The van der Waals surface area contributed by atoms with Gasteiger partial charge in [0.05, 0.1) is 3.79 Å². The van der Waals surface area contributed by atoms with Crippen LogP contribution >= 0.6 is 27.3 Å². The number of amides is 1. The molecule has 0 aliphatic rings. The molecule has 0 saturated carbocycles. The van der Waals surface area contributed by atoms with Crippen molar-refractivity contribution in [3.05, 3.63) is 45.1 Å². The summed E-state index contributed by atoms with van der Waals surface area (Å²) in [5.74, 6) is 0. The van der Waals surface area contributed by atoms with Gasteiger partial charge in [0, 0.05) is 22.8 Å². The Balaban J connectivity index is 1.92. The van der Waals surface area contributed by atoms with Gasteiger partial charge in [0.2, 0.25) is 0 Å². The SMILES string of the molecule is O=C(O)Nc1ccc(NCc2ccc(Br)s2)cc1. The minimum atomic E-state index is -1.06. The molecule has 0 fully saturated rings. The fraction of sp³-hybridized carbons (Fsp3) is 0.0833. The van der Waals surface area contributed by atoms with Gasteiger partial charge in [-0.2, -0.15) is 0 Å². The van der Waals surface area contributed by atoms with Gasteiger partial charge >= 0.3 is 6.09 Å². The highest BCUT2D eigenvalue weighted by molar-refractivity contribution is 9.11. The molecule has 6 heteroatoms. The molecule has 0 unspecified atom stereocenters. The van der Waals surface area contributed by atoms with E-state index in [1.807, 2.05) is 18.2 Å². The Hall–Kier alpha value is -1.53. The van der Waals surface area contributed by atoms with Gasteiger partial charge in [-0.15, -0.1) is 11.3 Å². The van der Waals surface area contributed by atoms with Crippen molar-refractivity contribution < 1.29 is 9.90 Å². The zero-order valence-corrected chi connectivity index (χ0v) is 11.7. The fourth-order valence-electron chi connectivity index (χ4n) is 1.43. The van der Waals surface area contributed by atoms with Gasteiger partial charge in [0.15, 0.2) is 0 Å². The summed E-state index contributed by atoms with van der Waals surface area (Å²) in [6.07, 6.45) is -1.06. The van der Waals surface area contributed by atoms with Crippen LogP contribution < -0.4 is 10.6 Å². The zero-order chi connectivity index (χ0) is 13.0. The van der Waals surface area contributed by atoms with Crippen molar-refractivity contribution in [2.75, 3.05) is 10.6 Å². The Morgan fingerprint density at radius 2 is 1.83 bits per heavy atom. The van der Waals surface area contributed by atoms with Gasteiger partial charge in [-0.25, -0.2) is 4.79 Å². The molecule has 0 radical (unpaired) electrons. The quantitative estimate of drug-likeness (QED) is 0.788. The van der Waals surface area contributed by atoms with E-state index in [-0.39, 0.29) is 0 Å². The van der Waals surface area contributed by atoms with Crippen LogP contribution in [0.15, 0.2) is 40.2 Å². The second-order valence-electron chi connectivity index (χ2n) is 3.57. The van der Waals surface area contributed by atoms with E-state index in [1.165, 1.54) is 4.88 Å². The summed E-state index contributed by atoms with van der Waals surface area (Å²) in [4.78, 5) is 11.7. The van der Waals surface area contributed by atoms with E-state index in [9.17, 15) is 4.79 Å². The Bertz CT molecular complexity index is 539. The third-order valence-electron chi connectivity index (χ3n) is 2.23. The van der Waals surface area contributed by atoms with Crippen LogP contribution in [0.3, 0.4) is 0 Å². The van der Waals surface area contributed by atoms with Crippen LogP contribution in [0.1, 0.15) is 4.88 Å². The molecule has 18 heavy (non-hydrogen) atoms. The minimum Gasteiger partial charge on any atom is -0.465 e. The largest absolute Gasteiger partial charge is 0.465 e. The molecule has 3 N–H and O–H groups in total. The Labute approximate surface area is 117 Å². The molecule has 0 atom stereocenters. The first-order chi connectivity index (χ1) is 8.63. The summed E-state index contributed by atoms with van der Waals surface area (Å²) in [5.41, 5.74) is 1.52. The second-order valence-corrected chi connectivity index (χ2v) is 6.11. The topological polar surface area (TPSA) is 61.4 Å². The van der Waals surface area contributed by atoms with Crippen LogP contribution in [-0.2, 0) is 6.54 Å². The molecule has 1 heterocycles. The lowest BCUT2D eigenvalue weighted by atomic mass is 10.3. The number of hydrogen-bond donors (Lipinski definition) is 3. The van der Waals surface area contributed by atoms with Crippen LogP contribution in [-0.4, -0.2) is 11.2 Å².